The van der Waals surface area contributed by atoms with Crippen molar-refractivity contribution in [1.29, 1.82) is 0 Å². The lowest BCUT2D eigenvalue weighted by molar-refractivity contribution is -0.384. The first-order chi connectivity index (χ1) is 12.0. The predicted molar refractivity (Wildman–Crippen MR) is 98.0 cm³/mol. The summed E-state index contributed by atoms with van der Waals surface area (Å²) >= 11 is 5.94. The zero-order valence-electron chi connectivity index (χ0n) is 13.7. The Balaban J connectivity index is 1.77. The van der Waals surface area contributed by atoms with Crippen molar-refractivity contribution in [3.05, 3.63) is 69.2 Å². The molecule has 0 aromatic heterocycles. The van der Waals surface area contributed by atoms with Crippen molar-refractivity contribution >= 4 is 29.0 Å². The zero-order valence-corrected chi connectivity index (χ0v) is 14.4. The minimum atomic E-state index is -0.449. The molecule has 0 radical (unpaired) electrons. The van der Waals surface area contributed by atoms with E-state index < -0.39 is 4.92 Å². The number of amides is 2. The Kier molecular flexibility index (Phi) is 6.59. The van der Waals surface area contributed by atoms with Crippen LogP contribution in [-0.2, 0) is 0 Å². The average molecular weight is 363 g/mol. The number of urea groups is 1. The van der Waals surface area contributed by atoms with Crippen molar-refractivity contribution < 1.29 is 9.72 Å². The summed E-state index contributed by atoms with van der Waals surface area (Å²) in [5, 5.41) is 20.0. The number of para-hydroxylation sites is 2. The molecule has 8 heteroatoms. The maximum Gasteiger partial charge on any atom is 0.315 e. The van der Waals surface area contributed by atoms with Crippen LogP contribution in [0.3, 0.4) is 0 Å². The number of nitro benzene ring substituents is 1. The minimum absolute atomic E-state index is 0.00142. The van der Waals surface area contributed by atoms with Crippen LogP contribution in [0.1, 0.15) is 18.5 Å². The summed E-state index contributed by atoms with van der Waals surface area (Å²) in [6.07, 6.45) is 0. The van der Waals surface area contributed by atoms with Gasteiger partial charge < -0.3 is 16.0 Å². The first-order valence-corrected chi connectivity index (χ1v) is 8.12. The lowest BCUT2D eigenvalue weighted by atomic mass is 10.1. The fourth-order valence-corrected chi connectivity index (χ4v) is 2.46. The molecule has 7 nitrogen and oxygen atoms in total. The van der Waals surface area contributed by atoms with Crippen LogP contribution in [0.15, 0.2) is 48.5 Å². The lowest BCUT2D eigenvalue weighted by Crippen LogP contribution is -2.39. The van der Waals surface area contributed by atoms with E-state index in [4.69, 9.17) is 11.6 Å². The molecule has 0 aliphatic heterocycles. The number of halogens is 1. The number of nitrogens with one attached hydrogen (secondary N) is 3. The van der Waals surface area contributed by atoms with Gasteiger partial charge in [0.15, 0.2) is 0 Å². The Morgan fingerprint density at radius 1 is 1.20 bits per heavy atom. The normalized spacial score (nSPS) is 11.4. The van der Waals surface area contributed by atoms with Crippen molar-refractivity contribution in [2.24, 2.45) is 0 Å². The molecule has 0 aliphatic rings. The molecule has 0 fully saturated rings. The third kappa shape index (κ3) is 5.65. The standard InChI is InChI=1S/C17H19ClN4O3/c1-12(13-5-4-6-14(18)11-13)21-17(23)20-10-9-19-15-7-2-3-8-16(15)22(24)25/h2-8,11-12,19H,9-10H2,1H3,(H2,20,21,23)/t12-/m1/s1. The minimum Gasteiger partial charge on any atom is -0.378 e. The number of benzene rings is 2. The first-order valence-electron chi connectivity index (χ1n) is 7.74. The number of carbonyl (C=O) groups is 1. The molecule has 0 spiro atoms. The van der Waals surface area contributed by atoms with Gasteiger partial charge in [-0.15, -0.1) is 0 Å². The van der Waals surface area contributed by atoms with E-state index in [1.807, 2.05) is 19.1 Å². The van der Waals surface area contributed by atoms with E-state index in [0.29, 0.717) is 23.8 Å². The third-order valence-electron chi connectivity index (χ3n) is 3.52. The quantitative estimate of drug-likeness (QED) is 0.397. The number of nitro groups is 1. The SMILES string of the molecule is C[C@@H](NC(=O)NCCNc1ccccc1[N+](=O)[O-])c1cccc(Cl)c1. The molecule has 0 saturated carbocycles. The lowest BCUT2D eigenvalue weighted by Gasteiger charge is -2.15. The number of rotatable bonds is 7. The summed E-state index contributed by atoms with van der Waals surface area (Å²) in [6, 6.07) is 13.1. The molecule has 132 valence electrons. The number of carbonyl (C=O) groups excluding carboxylic acids is 1. The molecule has 2 rings (SSSR count). The van der Waals surface area contributed by atoms with Crippen molar-refractivity contribution in [1.82, 2.24) is 10.6 Å². The highest BCUT2D eigenvalue weighted by Crippen LogP contribution is 2.22. The van der Waals surface area contributed by atoms with E-state index in [9.17, 15) is 14.9 Å². The van der Waals surface area contributed by atoms with Crippen molar-refractivity contribution in [3.63, 3.8) is 0 Å². The molecule has 0 aliphatic carbocycles. The topological polar surface area (TPSA) is 96.3 Å². The van der Waals surface area contributed by atoms with E-state index in [1.165, 1.54) is 6.07 Å². The summed E-state index contributed by atoms with van der Waals surface area (Å²) in [6.45, 7) is 2.54. The average Bonchev–Trinajstić information content (AvgIpc) is 2.59. The second kappa shape index (κ2) is 8.89. The molecule has 0 saturated heterocycles. The van der Waals surface area contributed by atoms with Crippen LogP contribution < -0.4 is 16.0 Å². The van der Waals surface area contributed by atoms with Crippen LogP contribution in [0.4, 0.5) is 16.2 Å². The number of anilines is 1. The Bertz CT molecular complexity index is 754. The van der Waals surface area contributed by atoms with Gasteiger partial charge >= 0.3 is 6.03 Å². The Morgan fingerprint density at radius 3 is 2.68 bits per heavy atom. The van der Waals surface area contributed by atoms with Crippen LogP contribution in [0.2, 0.25) is 5.02 Å². The second-order valence-electron chi connectivity index (χ2n) is 5.38. The maximum atomic E-state index is 11.9. The molecule has 25 heavy (non-hydrogen) atoms. The highest BCUT2D eigenvalue weighted by molar-refractivity contribution is 6.30. The molecule has 3 N–H and O–H groups in total. The van der Waals surface area contributed by atoms with Crippen LogP contribution >= 0.6 is 11.6 Å². The highest BCUT2D eigenvalue weighted by Gasteiger charge is 2.12. The van der Waals surface area contributed by atoms with E-state index in [0.717, 1.165) is 5.56 Å². The Morgan fingerprint density at radius 2 is 1.96 bits per heavy atom. The van der Waals surface area contributed by atoms with E-state index in [-0.39, 0.29) is 17.8 Å². The molecule has 1 atom stereocenters. The van der Waals surface area contributed by atoms with Gasteiger partial charge in [-0.1, -0.05) is 35.9 Å². The monoisotopic (exact) mass is 362 g/mol. The fraction of sp³-hybridized carbons (Fsp3) is 0.235. The van der Waals surface area contributed by atoms with Gasteiger partial charge in [0.05, 0.1) is 11.0 Å². The summed E-state index contributed by atoms with van der Waals surface area (Å²) in [5.41, 5.74) is 1.32. The van der Waals surface area contributed by atoms with Crippen molar-refractivity contribution in [2.75, 3.05) is 18.4 Å². The van der Waals surface area contributed by atoms with Gasteiger partial charge in [-0.05, 0) is 30.7 Å². The van der Waals surface area contributed by atoms with Crippen molar-refractivity contribution in [2.45, 2.75) is 13.0 Å². The number of nitrogens with zero attached hydrogens (tertiary/aromatic N) is 1. The van der Waals surface area contributed by atoms with Gasteiger partial charge in [0, 0.05) is 24.2 Å². The first kappa shape index (κ1) is 18.5. The van der Waals surface area contributed by atoms with Crippen molar-refractivity contribution in [3.8, 4) is 0 Å². The largest absolute Gasteiger partial charge is 0.378 e. The summed E-state index contributed by atoms with van der Waals surface area (Å²) in [4.78, 5) is 22.4. The fourth-order valence-electron chi connectivity index (χ4n) is 2.26. The van der Waals surface area contributed by atoms with Gasteiger partial charge in [0.1, 0.15) is 5.69 Å². The van der Waals surface area contributed by atoms with Crippen LogP contribution in [0, 0.1) is 10.1 Å². The van der Waals surface area contributed by atoms with Crippen LogP contribution in [-0.4, -0.2) is 24.0 Å². The Hall–Kier alpha value is -2.80. The van der Waals surface area contributed by atoms with E-state index in [1.54, 1.807) is 30.3 Å². The number of hydrogen-bond acceptors (Lipinski definition) is 4. The molecule has 0 unspecified atom stereocenters. The van der Waals surface area contributed by atoms with E-state index >= 15 is 0 Å². The smallest absolute Gasteiger partial charge is 0.315 e. The van der Waals surface area contributed by atoms with E-state index in [2.05, 4.69) is 16.0 Å². The molecule has 2 aromatic carbocycles. The third-order valence-corrected chi connectivity index (χ3v) is 3.76. The Labute approximate surface area is 150 Å². The molecular formula is C17H19ClN4O3. The molecule has 2 aromatic rings. The number of hydrogen-bond donors (Lipinski definition) is 3. The summed E-state index contributed by atoms with van der Waals surface area (Å²) in [7, 11) is 0. The molecule has 0 heterocycles. The van der Waals surface area contributed by atoms with Gasteiger partial charge in [-0.3, -0.25) is 10.1 Å². The second-order valence-corrected chi connectivity index (χ2v) is 5.81. The van der Waals surface area contributed by atoms with Gasteiger partial charge in [0.25, 0.3) is 5.69 Å². The van der Waals surface area contributed by atoms with Gasteiger partial charge in [0.2, 0.25) is 0 Å². The highest BCUT2D eigenvalue weighted by atomic mass is 35.5. The van der Waals surface area contributed by atoms with Gasteiger partial charge in [-0.2, -0.15) is 0 Å². The summed E-state index contributed by atoms with van der Waals surface area (Å²) in [5.74, 6) is 0. The molecule has 2 amide bonds. The predicted octanol–water partition coefficient (Wildman–Crippen LogP) is 3.72. The van der Waals surface area contributed by atoms with Crippen LogP contribution in [0.25, 0.3) is 0 Å². The van der Waals surface area contributed by atoms with Crippen LogP contribution in [0.5, 0.6) is 0 Å². The molecule has 0 bridgehead atoms. The maximum absolute atomic E-state index is 11.9. The zero-order chi connectivity index (χ0) is 18.2. The molecular weight excluding hydrogens is 344 g/mol. The van der Waals surface area contributed by atoms with Gasteiger partial charge in [-0.25, -0.2) is 4.79 Å². The summed E-state index contributed by atoms with van der Waals surface area (Å²) < 4.78 is 0.